The second-order valence-electron chi connectivity index (χ2n) is 8.09. The Kier molecular flexibility index (Phi) is 5.25. The lowest BCUT2D eigenvalue weighted by Gasteiger charge is -2.56. The van der Waals surface area contributed by atoms with Crippen LogP contribution in [0.5, 0.6) is 0 Å². The number of esters is 2. The van der Waals surface area contributed by atoms with E-state index >= 15 is 0 Å². The Morgan fingerprint density at radius 1 is 1.04 bits per heavy atom. The largest absolute Gasteiger partial charge is 0.465 e. The summed E-state index contributed by atoms with van der Waals surface area (Å²) in [6.07, 6.45) is -1.56. The Morgan fingerprint density at radius 3 is 2.00 bits per heavy atom. The predicted octanol–water partition coefficient (Wildman–Crippen LogP) is 3.99. The molecule has 0 spiro atoms. The van der Waals surface area contributed by atoms with Gasteiger partial charge in [-0.25, -0.2) is 5.53 Å². The third-order valence-electron chi connectivity index (χ3n) is 5.88. The van der Waals surface area contributed by atoms with Gasteiger partial charge in [0.15, 0.2) is 0 Å². The normalized spacial score (nSPS) is 33.6. The number of carbonyl (C=O) groups excluding carboxylic acids is 2. The molecule has 26 heavy (non-hydrogen) atoms. The van der Waals surface area contributed by atoms with E-state index in [0.717, 1.165) is 37.0 Å². The average molecular weight is 376 g/mol. The fourth-order valence-corrected chi connectivity index (χ4v) is 5.33. The molecule has 4 rings (SSSR count). The van der Waals surface area contributed by atoms with E-state index in [1.807, 2.05) is 0 Å². The summed E-state index contributed by atoms with van der Waals surface area (Å²) >= 11 is 0. The molecule has 1 N–H and O–H groups in total. The molecule has 0 aromatic heterocycles. The van der Waals surface area contributed by atoms with Crippen LogP contribution in [0.1, 0.15) is 51.4 Å². The summed E-state index contributed by atoms with van der Waals surface area (Å²) in [5, 5.41) is 2.23. The molecule has 4 saturated carbocycles. The standard InChI is InChI=1S/C17H23F3N2O4/c18-17(19,20)15(22-21)26-14(24)2-1-13(23)25-9-16-6-10-3-11(7-16)5-12(4-10)8-16/h10-12,15,21H,1-9H2. The maximum atomic E-state index is 12.4. The maximum absolute atomic E-state index is 12.4. The van der Waals surface area contributed by atoms with Gasteiger partial charge >= 0.3 is 24.3 Å². The van der Waals surface area contributed by atoms with Crippen LogP contribution in [0.25, 0.3) is 0 Å². The van der Waals surface area contributed by atoms with Crippen molar-refractivity contribution >= 4 is 11.9 Å². The number of rotatable bonds is 7. The number of alkyl halides is 3. The van der Waals surface area contributed by atoms with Gasteiger partial charge in [0.05, 0.1) is 19.4 Å². The van der Waals surface area contributed by atoms with Crippen molar-refractivity contribution in [1.29, 1.82) is 5.53 Å². The van der Waals surface area contributed by atoms with Gasteiger partial charge in [0.25, 0.3) is 0 Å². The highest BCUT2D eigenvalue weighted by molar-refractivity contribution is 5.77. The van der Waals surface area contributed by atoms with Crippen LogP contribution in [0.4, 0.5) is 13.2 Å². The Hall–Kier alpha value is -1.67. The van der Waals surface area contributed by atoms with Crippen LogP contribution in [-0.4, -0.2) is 30.9 Å². The van der Waals surface area contributed by atoms with Gasteiger partial charge in [-0.3, -0.25) is 9.59 Å². The first-order valence-electron chi connectivity index (χ1n) is 8.97. The van der Waals surface area contributed by atoms with E-state index in [0.29, 0.717) is 6.61 Å². The lowest BCUT2D eigenvalue weighted by Crippen LogP contribution is -2.48. The minimum Gasteiger partial charge on any atom is -0.465 e. The Morgan fingerprint density at radius 2 is 1.54 bits per heavy atom. The molecule has 6 nitrogen and oxygen atoms in total. The zero-order chi connectivity index (χ0) is 18.9. The highest BCUT2D eigenvalue weighted by Gasteiger charge is 2.51. The zero-order valence-corrected chi connectivity index (χ0v) is 14.4. The molecule has 4 fully saturated rings. The Bertz CT molecular complexity index is 544. The molecule has 4 bridgehead atoms. The topological polar surface area (TPSA) is 88.8 Å². The molecule has 4 aliphatic rings. The number of hydrogen-bond acceptors (Lipinski definition) is 6. The van der Waals surface area contributed by atoms with Gasteiger partial charge in [0, 0.05) is 5.41 Å². The zero-order valence-electron chi connectivity index (χ0n) is 14.4. The molecule has 0 radical (unpaired) electrons. The molecule has 1 atom stereocenters. The van der Waals surface area contributed by atoms with Gasteiger partial charge in [-0.15, -0.1) is 5.11 Å². The third kappa shape index (κ3) is 4.35. The smallest absolute Gasteiger partial charge is 0.448 e. The minimum absolute atomic E-state index is 0.0520. The Balaban J connectivity index is 1.41. The number of carbonyl (C=O) groups is 2. The van der Waals surface area contributed by atoms with E-state index < -0.39 is 30.8 Å². The maximum Gasteiger partial charge on any atom is 0.448 e. The van der Waals surface area contributed by atoms with Crippen LogP contribution in [0.2, 0.25) is 0 Å². The fraction of sp³-hybridized carbons (Fsp3) is 0.882. The molecule has 146 valence electrons. The van der Waals surface area contributed by atoms with Crippen LogP contribution in [0.15, 0.2) is 5.11 Å². The summed E-state index contributed by atoms with van der Waals surface area (Å²) in [7, 11) is 0. The van der Waals surface area contributed by atoms with Crippen LogP contribution in [0, 0.1) is 28.7 Å². The van der Waals surface area contributed by atoms with E-state index in [4.69, 9.17) is 10.3 Å². The van der Waals surface area contributed by atoms with E-state index in [9.17, 15) is 22.8 Å². The van der Waals surface area contributed by atoms with Crippen molar-refractivity contribution < 1.29 is 32.2 Å². The van der Waals surface area contributed by atoms with Gasteiger partial charge in [0.1, 0.15) is 0 Å². The molecule has 0 heterocycles. The second kappa shape index (κ2) is 7.15. The number of nitrogens with zero attached hydrogens (tertiary/aromatic N) is 1. The monoisotopic (exact) mass is 376 g/mol. The number of halogens is 3. The van der Waals surface area contributed by atoms with Crippen molar-refractivity contribution in [3.8, 4) is 0 Å². The Labute approximate surface area is 149 Å². The summed E-state index contributed by atoms with van der Waals surface area (Å²) < 4.78 is 46.5. The van der Waals surface area contributed by atoms with Gasteiger partial charge in [-0.2, -0.15) is 13.2 Å². The van der Waals surface area contributed by atoms with E-state index in [-0.39, 0.29) is 11.8 Å². The van der Waals surface area contributed by atoms with Gasteiger partial charge in [-0.1, -0.05) is 0 Å². The second-order valence-corrected chi connectivity index (χ2v) is 8.09. The summed E-state index contributed by atoms with van der Waals surface area (Å²) in [5.74, 6) is 0.340. The summed E-state index contributed by atoms with van der Waals surface area (Å²) in [6, 6.07) is 0. The lowest BCUT2D eigenvalue weighted by molar-refractivity contribution is -0.221. The van der Waals surface area contributed by atoms with Crippen LogP contribution < -0.4 is 0 Å². The molecule has 0 aromatic rings. The average Bonchev–Trinajstić information content (AvgIpc) is 2.53. The van der Waals surface area contributed by atoms with Crippen LogP contribution >= 0.6 is 0 Å². The highest BCUT2D eigenvalue weighted by Crippen LogP contribution is 2.60. The van der Waals surface area contributed by atoms with Crippen molar-refractivity contribution in [2.45, 2.75) is 63.8 Å². The minimum atomic E-state index is -4.93. The fourth-order valence-electron chi connectivity index (χ4n) is 5.33. The van der Waals surface area contributed by atoms with E-state index in [1.54, 1.807) is 0 Å². The van der Waals surface area contributed by atoms with Crippen molar-refractivity contribution in [2.24, 2.45) is 28.3 Å². The molecule has 4 aliphatic carbocycles. The SMILES string of the molecule is N=NC(OC(=O)CCC(=O)OCC12CC3CC(CC(C3)C1)C2)C(F)(F)F. The van der Waals surface area contributed by atoms with E-state index in [2.05, 4.69) is 9.85 Å². The highest BCUT2D eigenvalue weighted by atomic mass is 19.4. The van der Waals surface area contributed by atoms with Gasteiger partial charge < -0.3 is 9.47 Å². The van der Waals surface area contributed by atoms with E-state index in [1.165, 1.54) is 19.3 Å². The molecule has 0 aliphatic heterocycles. The predicted molar refractivity (Wildman–Crippen MR) is 81.9 cm³/mol. The van der Waals surface area contributed by atoms with Crippen molar-refractivity contribution in [1.82, 2.24) is 0 Å². The molecule has 1 unspecified atom stereocenters. The number of nitrogens with one attached hydrogen (secondary N) is 1. The first kappa shape index (κ1) is 19.1. The summed E-state index contributed by atoms with van der Waals surface area (Å²) in [6.45, 7) is 0.331. The van der Waals surface area contributed by atoms with Crippen molar-refractivity contribution in [3.63, 3.8) is 0 Å². The molecular weight excluding hydrogens is 353 g/mol. The number of hydrogen-bond donors (Lipinski definition) is 1. The summed E-state index contributed by atoms with van der Waals surface area (Å²) in [4.78, 5) is 23.3. The number of ether oxygens (including phenoxy) is 2. The van der Waals surface area contributed by atoms with Gasteiger partial charge in [-0.05, 0) is 56.3 Å². The van der Waals surface area contributed by atoms with Gasteiger partial charge in [0.2, 0.25) is 0 Å². The first-order valence-corrected chi connectivity index (χ1v) is 8.97. The molecule has 0 aromatic carbocycles. The quantitative estimate of drug-likeness (QED) is 0.537. The lowest BCUT2D eigenvalue weighted by atomic mass is 9.50. The molecule has 0 saturated heterocycles. The summed E-state index contributed by atoms with van der Waals surface area (Å²) in [5.41, 5.74) is 6.48. The van der Waals surface area contributed by atoms with Crippen molar-refractivity contribution in [2.75, 3.05) is 6.61 Å². The first-order chi connectivity index (χ1) is 12.2. The van der Waals surface area contributed by atoms with Crippen LogP contribution in [0.3, 0.4) is 0 Å². The third-order valence-corrected chi connectivity index (χ3v) is 5.88. The molecule has 9 heteroatoms. The molecule has 0 amide bonds. The van der Waals surface area contributed by atoms with Crippen LogP contribution in [-0.2, 0) is 19.1 Å². The molecular formula is C17H23F3N2O4. The van der Waals surface area contributed by atoms with Crippen molar-refractivity contribution in [3.05, 3.63) is 0 Å².